The molecule has 172 valence electrons. The third-order valence-corrected chi connectivity index (χ3v) is 5.54. The van der Waals surface area contributed by atoms with Crippen LogP contribution < -0.4 is 15.4 Å². The minimum atomic E-state index is 0. The number of para-hydroxylation sites is 1. The molecule has 7 heteroatoms. The van der Waals surface area contributed by atoms with E-state index in [2.05, 4.69) is 68.2 Å². The van der Waals surface area contributed by atoms with Crippen molar-refractivity contribution in [2.24, 2.45) is 10.9 Å². The van der Waals surface area contributed by atoms with Crippen LogP contribution in [0, 0.1) is 12.8 Å². The van der Waals surface area contributed by atoms with E-state index in [1.165, 1.54) is 0 Å². The van der Waals surface area contributed by atoms with Gasteiger partial charge in [0.25, 0.3) is 0 Å². The van der Waals surface area contributed by atoms with Gasteiger partial charge in [0.05, 0.1) is 13.1 Å². The molecule has 1 saturated heterocycles. The maximum absolute atomic E-state index is 6.08. The molecule has 1 aliphatic heterocycles. The molecule has 1 fully saturated rings. The standard InChI is InChI=1S/C23H41N5O.HI/c1-7-24-23(25-16-20(5)29-22-11-9-8-10-19(22)4)26-17-21(18(2)3)28-14-12-27(6)13-15-28;/h8-11,18,20-21H,7,12-17H2,1-6H3,(H2,24,25,26);1H. The average Bonchev–Trinajstić information content (AvgIpc) is 2.69. The summed E-state index contributed by atoms with van der Waals surface area (Å²) >= 11 is 0. The normalized spacial score (nSPS) is 17.9. The highest BCUT2D eigenvalue weighted by molar-refractivity contribution is 14.0. The molecule has 1 aliphatic rings. The summed E-state index contributed by atoms with van der Waals surface area (Å²) in [5, 5.41) is 6.83. The lowest BCUT2D eigenvalue weighted by Gasteiger charge is -2.39. The van der Waals surface area contributed by atoms with E-state index in [4.69, 9.17) is 9.73 Å². The number of guanidine groups is 1. The lowest BCUT2D eigenvalue weighted by Crippen LogP contribution is -2.52. The van der Waals surface area contributed by atoms with Crippen molar-refractivity contribution < 1.29 is 4.74 Å². The van der Waals surface area contributed by atoms with Gasteiger partial charge in [-0.2, -0.15) is 0 Å². The smallest absolute Gasteiger partial charge is 0.191 e. The predicted octanol–water partition coefficient (Wildman–Crippen LogP) is 3.21. The highest BCUT2D eigenvalue weighted by atomic mass is 127. The SMILES string of the molecule is CCNC(=NCC(C(C)C)N1CCN(C)CC1)NCC(C)Oc1ccccc1C.I. The van der Waals surface area contributed by atoms with Crippen LogP contribution in [0.5, 0.6) is 5.75 Å². The second-order valence-corrected chi connectivity index (χ2v) is 8.45. The number of piperazine rings is 1. The summed E-state index contributed by atoms with van der Waals surface area (Å²) in [5.74, 6) is 2.39. The highest BCUT2D eigenvalue weighted by Crippen LogP contribution is 2.17. The first-order valence-corrected chi connectivity index (χ1v) is 11.1. The van der Waals surface area contributed by atoms with Gasteiger partial charge in [-0.05, 0) is 45.4 Å². The van der Waals surface area contributed by atoms with E-state index >= 15 is 0 Å². The number of likely N-dealkylation sites (N-methyl/N-ethyl adjacent to an activating group) is 1. The van der Waals surface area contributed by atoms with Crippen molar-refractivity contribution in [3.05, 3.63) is 29.8 Å². The van der Waals surface area contributed by atoms with Crippen LogP contribution >= 0.6 is 24.0 Å². The fourth-order valence-electron chi connectivity index (χ4n) is 3.62. The van der Waals surface area contributed by atoms with E-state index < -0.39 is 0 Å². The topological polar surface area (TPSA) is 52.1 Å². The second kappa shape index (κ2) is 14.1. The third-order valence-electron chi connectivity index (χ3n) is 5.54. The number of aliphatic imine (C=N–C) groups is 1. The van der Waals surface area contributed by atoms with Crippen LogP contribution in [-0.4, -0.2) is 80.8 Å². The molecule has 0 aromatic heterocycles. The van der Waals surface area contributed by atoms with E-state index in [-0.39, 0.29) is 30.1 Å². The summed E-state index contributed by atoms with van der Waals surface area (Å²) in [6, 6.07) is 8.62. The second-order valence-electron chi connectivity index (χ2n) is 8.45. The molecular weight excluding hydrogens is 489 g/mol. The molecule has 0 aliphatic carbocycles. The summed E-state index contributed by atoms with van der Waals surface area (Å²) < 4.78 is 6.08. The van der Waals surface area contributed by atoms with Gasteiger partial charge in [-0.1, -0.05) is 32.0 Å². The molecule has 1 heterocycles. The Morgan fingerprint density at radius 1 is 1.10 bits per heavy atom. The lowest BCUT2D eigenvalue weighted by atomic mass is 10.0. The number of nitrogens with zero attached hydrogens (tertiary/aromatic N) is 3. The Morgan fingerprint density at radius 2 is 1.77 bits per heavy atom. The number of nitrogens with one attached hydrogen (secondary N) is 2. The number of benzene rings is 1. The zero-order chi connectivity index (χ0) is 21.2. The van der Waals surface area contributed by atoms with Crippen LogP contribution in [0.2, 0.25) is 0 Å². The zero-order valence-electron chi connectivity index (χ0n) is 19.6. The van der Waals surface area contributed by atoms with E-state index in [1.54, 1.807) is 0 Å². The lowest BCUT2D eigenvalue weighted by molar-refractivity contribution is 0.0925. The van der Waals surface area contributed by atoms with Gasteiger partial charge < -0.3 is 20.3 Å². The van der Waals surface area contributed by atoms with Crippen LogP contribution in [0.25, 0.3) is 0 Å². The Morgan fingerprint density at radius 3 is 2.37 bits per heavy atom. The first-order valence-electron chi connectivity index (χ1n) is 11.1. The Balaban J connectivity index is 0.00000450. The van der Waals surface area contributed by atoms with Gasteiger partial charge in [0.15, 0.2) is 5.96 Å². The maximum Gasteiger partial charge on any atom is 0.191 e. The Hall–Kier alpha value is -1.06. The largest absolute Gasteiger partial charge is 0.489 e. The van der Waals surface area contributed by atoms with Crippen LogP contribution in [0.3, 0.4) is 0 Å². The van der Waals surface area contributed by atoms with Crippen LogP contribution in [0.4, 0.5) is 0 Å². The summed E-state index contributed by atoms with van der Waals surface area (Å²) in [7, 11) is 2.20. The van der Waals surface area contributed by atoms with E-state index in [9.17, 15) is 0 Å². The Kier molecular flexibility index (Phi) is 12.7. The van der Waals surface area contributed by atoms with Gasteiger partial charge in [-0.25, -0.2) is 0 Å². The van der Waals surface area contributed by atoms with Crippen molar-refractivity contribution in [2.45, 2.75) is 46.8 Å². The van der Waals surface area contributed by atoms with Gasteiger partial charge >= 0.3 is 0 Å². The van der Waals surface area contributed by atoms with Gasteiger partial charge in [-0.3, -0.25) is 9.89 Å². The van der Waals surface area contributed by atoms with Crippen molar-refractivity contribution in [3.63, 3.8) is 0 Å². The molecule has 0 amide bonds. The summed E-state index contributed by atoms with van der Waals surface area (Å²) in [6.45, 7) is 17.8. The van der Waals surface area contributed by atoms with Crippen molar-refractivity contribution in [2.75, 3.05) is 52.9 Å². The molecule has 2 atom stereocenters. The fourth-order valence-corrected chi connectivity index (χ4v) is 3.62. The first-order chi connectivity index (χ1) is 13.9. The van der Waals surface area contributed by atoms with Crippen molar-refractivity contribution in [1.82, 2.24) is 20.4 Å². The highest BCUT2D eigenvalue weighted by Gasteiger charge is 2.24. The quantitative estimate of drug-likeness (QED) is 0.291. The van der Waals surface area contributed by atoms with Crippen molar-refractivity contribution in [1.29, 1.82) is 0 Å². The third kappa shape index (κ3) is 8.98. The number of rotatable bonds is 9. The molecule has 30 heavy (non-hydrogen) atoms. The fraction of sp³-hybridized carbons (Fsp3) is 0.696. The summed E-state index contributed by atoms with van der Waals surface area (Å²) in [5.41, 5.74) is 1.16. The average molecular weight is 532 g/mol. The molecule has 1 aromatic carbocycles. The number of ether oxygens (including phenoxy) is 1. The van der Waals surface area contributed by atoms with E-state index in [0.29, 0.717) is 18.5 Å². The minimum Gasteiger partial charge on any atom is -0.489 e. The van der Waals surface area contributed by atoms with E-state index in [1.807, 2.05) is 18.2 Å². The van der Waals surface area contributed by atoms with Crippen molar-refractivity contribution >= 4 is 29.9 Å². The molecule has 1 aromatic rings. The molecule has 0 saturated carbocycles. The zero-order valence-corrected chi connectivity index (χ0v) is 22.0. The Bertz CT molecular complexity index is 632. The van der Waals surface area contributed by atoms with E-state index in [0.717, 1.165) is 56.5 Å². The van der Waals surface area contributed by atoms with Crippen LogP contribution in [0.1, 0.15) is 33.3 Å². The molecular formula is C23H42IN5O. The van der Waals surface area contributed by atoms with Gasteiger partial charge in [-0.15, -0.1) is 24.0 Å². The molecule has 6 nitrogen and oxygen atoms in total. The number of halogens is 1. The molecule has 0 bridgehead atoms. The van der Waals surface area contributed by atoms with Crippen molar-refractivity contribution in [3.8, 4) is 5.75 Å². The number of hydrogen-bond donors (Lipinski definition) is 2. The minimum absolute atomic E-state index is 0. The first kappa shape index (κ1) is 27.0. The predicted molar refractivity (Wildman–Crippen MR) is 138 cm³/mol. The molecule has 0 radical (unpaired) electrons. The van der Waals surface area contributed by atoms with Gasteiger partial charge in [0.1, 0.15) is 11.9 Å². The van der Waals surface area contributed by atoms with Gasteiger partial charge in [0.2, 0.25) is 0 Å². The molecule has 0 spiro atoms. The number of hydrogen-bond acceptors (Lipinski definition) is 4. The summed E-state index contributed by atoms with van der Waals surface area (Å²) in [4.78, 5) is 9.91. The van der Waals surface area contributed by atoms with Crippen LogP contribution in [-0.2, 0) is 0 Å². The van der Waals surface area contributed by atoms with Crippen LogP contribution in [0.15, 0.2) is 29.3 Å². The monoisotopic (exact) mass is 531 g/mol. The van der Waals surface area contributed by atoms with Gasteiger partial charge in [0, 0.05) is 38.8 Å². The Labute approximate surface area is 200 Å². The maximum atomic E-state index is 6.08. The molecule has 2 rings (SSSR count). The molecule has 2 unspecified atom stereocenters. The summed E-state index contributed by atoms with van der Waals surface area (Å²) in [6.07, 6.45) is 0.0542. The number of aryl methyl sites for hydroxylation is 1. The molecule has 2 N–H and O–H groups in total.